The minimum absolute atomic E-state index is 0.366. The highest BCUT2D eigenvalue weighted by molar-refractivity contribution is 7.12. The van der Waals surface area contributed by atoms with Crippen molar-refractivity contribution in [3.05, 3.63) is 16.3 Å². The fourth-order valence-electron chi connectivity index (χ4n) is 1.92. The van der Waals surface area contributed by atoms with Crippen molar-refractivity contribution in [3.8, 4) is 0 Å². The average Bonchev–Trinajstić information content (AvgIpc) is 2.78. The lowest BCUT2D eigenvalue weighted by Gasteiger charge is -2.36. The van der Waals surface area contributed by atoms with Crippen molar-refractivity contribution in [2.45, 2.75) is 19.4 Å². The molecule has 1 unspecified atom stereocenters. The molecule has 0 aromatic carbocycles. The monoisotopic (exact) mass is 241 g/mol. The SMILES string of the molecule is CCC1COCCN1c1csc(C(=O)O)c1. The Labute approximate surface area is 98.4 Å². The second-order valence-electron chi connectivity index (χ2n) is 3.80. The minimum Gasteiger partial charge on any atom is -0.477 e. The highest BCUT2D eigenvalue weighted by Gasteiger charge is 2.23. The molecule has 1 aliphatic rings. The first-order chi connectivity index (χ1) is 7.72. The number of rotatable bonds is 3. The van der Waals surface area contributed by atoms with Crippen LogP contribution in [-0.4, -0.2) is 36.9 Å². The maximum atomic E-state index is 10.8. The van der Waals surface area contributed by atoms with Crippen LogP contribution in [0.4, 0.5) is 5.69 Å². The van der Waals surface area contributed by atoms with E-state index in [1.807, 2.05) is 5.38 Å². The van der Waals surface area contributed by atoms with Crippen LogP contribution in [0.25, 0.3) is 0 Å². The summed E-state index contributed by atoms with van der Waals surface area (Å²) in [5.41, 5.74) is 1.01. The highest BCUT2D eigenvalue weighted by atomic mass is 32.1. The van der Waals surface area contributed by atoms with Gasteiger partial charge in [0.25, 0.3) is 0 Å². The Kier molecular flexibility index (Phi) is 3.46. The van der Waals surface area contributed by atoms with Gasteiger partial charge in [-0.15, -0.1) is 11.3 Å². The lowest BCUT2D eigenvalue weighted by atomic mass is 10.1. The van der Waals surface area contributed by atoms with E-state index in [-0.39, 0.29) is 0 Å². The van der Waals surface area contributed by atoms with E-state index >= 15 is 0 Å². The van der Waals surface area contributed by atoms with E-state index in [0.29, 0.717) is 10.9 Å². The largest absolute Gasteiger partial charge is 0.477 e. The standard InChI is InChI=1S/C11H15NO3S/c1-2-8-6-15-4-3-12(8)9-5-10(11(13)14)16-7-9/h5,7-8H,2-4,6H2,1H3,(H,13,14). The van der Waals surface area contributed by atoms with E-state index in [4.69, 9.17) is 9.84 Å². The summed E-state index contributed by atoms with van der Waals surface area (Å²) in [7, 11) is 0. The summed E-state index contributed by atoms with van der Waals surface area (Å²) in [5.74, 6) is -0.849. The second-order valence-corrected chi connectivity index (χ2v) is 4.72. The summed E-state index contributed by atoms with van der Waals surface area (Å²) in [6.07, 6.45) is 1.01. The zero-order chi connectivity index (χ0) is 11.5. The molecule has 88 valence electrons. The van der Waals surface area contributed by atoms with E-state index in [1.165, 1.54) is 11.3 Å². The molecular formula is C11H15NO3S. The quantitative estimate of drug-likeness (QED) is 0.880. The molecule has 16 heavy (non-hydrogen) atoms. The lowest BCUT2D eigenvalue weighted by molar-refractivity contribution is 0.0702. The van der Waals surface area contributed by atoms with Crippen molar-refractivity contribution >= 4 is 23.0 Å². The second kappa shape index (κ2) is 4.84. The first-order valence-electron chi connectivity index (χ1n) is 5.38. The van der Waals surface area contributed by atoms with Gasteiger partial charge in [-0.1, -0.05) is 6.92 Å². The van der Waals surface area contributed by atoms with Crippen LogP contribution in [0.3, 0.4) is 0 Å². The number of hydrogen-bond acceptors (Lipinski definition) is 4. The van der Waals surface area contributed by atoms with Gasteiger partial charge < -0.3 is 14.7 Å². The molecule has 0 radical (unpaired) electrons. The predicted octanol–water partition coefficient (Wildman–Crippen LogP) is 2.06. The molecule has 1 aliphatic heterocycles. The molecule has 0 spiro atoms. The Bertz CT molecular complexity index is 377. The summed E-state index contributed by atoms with van der Waals surface area (Å²) in [6, 6.07) is 2.12. The minimum atomic E-state index is -0.849. The number of anilines is 1. The summed E-state index contributed by atoms with van der Waals surface area (Å²) in [4.78, 5) is 13.5. The molecule has 2 heterocycles. The van der Waals surface area contributed by atoms with Gasteiger partial charge in [0.15, 0.2) is 0 Å². The third-order valence-electron chi connectivity index (χ3n) is 2.83. The molecular weight excluding hydrogens is 226 g/mol. The summed E-state index contributed by atoms with van der Waals surface area (Å²) < 4.78 is 5.42. The topological polar surface area (TPSA) is 49.8 Å². The van der Waals surface area contributed by atoms with E-state index in [9.17, 15) is 4.79 Å². The van der Waals surface area contributed by atoms with Gasteiger partial charge in [-0.2, -0.15) is 0 Å². The molecule has 0 bridgehead atoms. The van der Waals surface area contributed by atoms with E-state index in [0.717, 1.165) is 31.9 Å². The van der Waals surface area contributed by atoms with Gasteiger partial charge in [0.1, 0.15) is 4.88 Å². The van der Waals surface area contributed by atoms with E-state index in [1.54, 1.807) is 6.07 Å². The number of thiophene rings is 1. The number of carbonyl (C=O) groups is 1. The van der Waals surface area contributed by atoms with Gasteiger partial charge in [-0.25, -0.2) is 4.79 Å². The van der Waals surface area contributed by atoms with Gasteiger partial charge in [0, 0.05) is 17.6 Å². The first kappa shape index (κ1) is 11.4. The Morgan fingerprint density at radius 2 is 2.56 bits per heavy atom. The Morgan fingerprint density at radius 1 is 1.75 bits per heavy atom. The smallest absolute Gasteiger partial charge is 0.345 e. The molecule has 1 aromatic rings. The normalized spacial score (nSPS) is 21.1. The van der Waals surface area contributed by atoms with Crippen molar-refractivity contribution in [1.29, 1.82) is 0 Å². The van der Waals surface area contributed by atoms with Crippen molar-refractivity contribution in [3.63, 3.8) is 0 Å². The molecule has 1 aromatic heterocycles. The number of hydrogen-bond donors (Lipinski definition) is 1. The van der Waals surface area contributed by atoms with Gasteiger partial charge in [-0.05, 0) is 12.5 Å². The van der Waals surface area contributed by atoms with Crippen molar-refractivity contribution in [2.75, 3.05) is 24.7 Å². The number of ether oxygens (including phenoxy) is 1. The third kappa shape index (κ3) is 2.20. The van der Waals surface area contributed by atoms with Crippen molar-refractivity contribution in [1.82, 2.24) is 0 Å². The Hall–Kier alpha value is -1.07. The van der Waals surface area contributed by atoms with Crippen LogP contribution in [0.2, 0.25) is 0 Å². The zero-order valence-electron chi connectivity index (χ0n) is 9.18. The van der Waals surface area contributed by atoms with Crippen LogP contribution in [0.15, 0.2) is 11.4 Å². The van der Waals surface area contributed by atoms with Crippen molar-refractivity contribution < 1.29 is 14.6 Å². The van der Waals surface area contributed by atoms with Crippen LogP contribution in [-0.2, 0) is 4.74 Å². The molecule has 1 atom stereocenters. The first-order valence-corrected chi connectivity index (χ1v) is 6.26. The van der Waals surface area contributed by atoms with Gasteiger partial charge in [-0.3, -0.25) is 0 Å². The van der Waals surface area contributed by atoms with Crippen LogP contribution >= 0.6 is 11.3 Å². The van der Waals surface area contributed by atoms with Crippen LogP contribution in [0, 0.1) is 0 Å². The Morgan fingerprint density at radius 3 is 3.19 bits per heavy atom. The number of aromatic carboxylic acids is 1. The van der Waals surface area contributed by atoms with Crippen LogP contribution in [0.5, 0.6) is 0 Å². The third-order valence-corrected chi connectivity index (χ3v) is 3.73. The fourth-order valence-corrected chi connectivity index (χ4v) is 2.66. The van der Waals surface area contributed by atoms with Gasteiger partial charge in [0.05, 0.1) is 19.3 Å². The summed E-state index contributed by atoms with van der Waals surface area (Å²) >= 11 is 1.28. The Balaban J connectivity index is 2.17. The maximum Gasteiger partial charge on any atom is 0.345 e. The zero-order valence-corrected chi connectivity index (χ0v) is 10.00. The molecule has 0 saturated carbocycles. The number of carboxylic acids is 1. The molecule has 1 N–H and O–H groups in total. The van der Waals surface area contributed by atoms with Crippen LogP contribution < -0.4 is 4.90 Å². The molecule has 2 rings (SSSR count). The summed E-state index contributed by atoms with van der Waals surface area (Å²) in [5, 5.41) is 10.8. The number of carboxylic acid groups (broad SMARTS) is 1. The predicted molar refractivity (Wildman–Crippen MR) is 63.5 cm³/mol. The van der Waals surface area contributed by atoms with Crippen molar-refractivity contribution in [2.24, 2.45) is 0 Å². The molecule has 1 fully saturated rings. The fraction of sp³-hybridized carbons (Fsp3) is 0.545. The molecule has 5 heteroatoms. The average molecular weight is 241 g/mol. The summed E-state index contributed by atoms with van der Waals surface area (Å²) in [6.45, 7) is 4.41. The molecule has 4 nitrogen and oxygen atoms in total. The van der Waals surface area contributed by atoms with Gasteiger partial charge >= 0.3 is 5.97 Å². The lowest BCUT2D eigenvalue weighted by Crippen LogP contribution is -2.45. The van der Waals surface area contributed by atoms with E-state index in [2.05, 4.69) is 11.8 Å². The van der Waals surface area contributed by atoms with Crippen LogP contribution in [0.1, 0.15) is 23.0 Å². The maximum absolute atomic E-state index is 10.8. The molecule has 0 aliphatic carbocycles. The molecule has 1 saturated heterocycles. The number of morpholine rings is 1. The highest BCUT2D eigenvalue weighted by Crippen LogP contribution is 2.27. The van der Waals surface area contributed by atoms with E-state index < -0.39 is 5.97 Å². The molecule has 0 amide bonds. The number of nitrogens with zero attached hydrogens (tertiary/aromatic N) is 1. The van der Waals surface area contributed by atoms with Gasteiger partial charge in [0.2, 0.25) is 0 Å².